The molecule has 0 bridgehead atoms. The molecule has 2 aromatic rings. The molecule has 0 spiro atoms. The Kier molecular flexibility index (Phi) is 2.73. The predicted octanol–water partition coefficient (Wildman–Crippen LogP) is 1.06. The lowest BCUT2D eigenvalue weighted by molar-refractivity contribution is -0.386. The van der Waals surface area contributed by atoms with Gasteiger partial charge in [-0.2, -0.15) is 15.0 Å². The first-order valence-electron chi connectivity index (χ1n) is 4.98. The third kappa shape index (κ3) is 1.78. The Morgan fingerprint density at radius 2 is 2.22 bits per heavy atom. The molecule has 0 aliphatic heterocycles. The first-order chi connectivity index (χ1) is 8.54. The van der Waals surface area contributed by atoms with E-state index in [1.165, 1.54) is 23.9 Å². The Bertz CT molecular complexity index is 669. The summed E-state index contributed by atoms with van der Waals surface area (Å²) in [5, 5.41) is 23.6. The fourth-order valence-electron chi connectivity index (χ4n) is 1.61. The van der Waals surface area contributed by atoms with Crippen molar-refractivity contribution < 1.29 is 4.92 Å². The van der Waals surface area contributed by atoms with Crippen molar-refractivity contribution in [2.45, 2.75) is 13.8 Å². The van der Waals surface area contributed by atoms with Crippen LogP contribution in [0.2, 0.25) is 0 Å². The van der Waals surface area contributed by atoms with E-state index in [2.05, 4.69) is 15.1 Å². The van der Waals surface area contributed by atoms with Crippen molar-refractivity contribution in [3.63, 3.8) is 0 Å². The second kappa shape index (κ2) is 4.21. The maximum atomic E-state index is 10.9. The van der Waals surface area contributed by atoms with Crippen molar-refractivity contribution in [3.05, 3.63) is 39.5 Å². The molecular formula is C10H8N6O2. The normalized spacial score (nSPS) is 10.1. The number of nitriles is 1. The van der Waals surface area contributed by atoms with Crippen molar-refractivity contribution >= 4 is 5.69 Å². The molecule has 2 heterocycles. The molecule has 0 amide bonds. The van der Waals surface area contributed by atoms with Crippen LogP contribution in [0.5, 0.6) is 0 Å². The Labute approximate surface area is 102 Å². The van der Waals surface area contributed by atoms with Crippen molar-refractivity contribution in [2.24, 2.45) is 0 Å². The average molecular weight is 244 g/mol. The van der Waals surface area contributed by atoms with Crippen LogP contribution >= 0.6 is 0 Å². The highest BCUT2D eigenvalue weighted by atomic mass is 16.6. The van der Waals surface area contributed by atoms with Crippen LogP contribution < -0.4 is 0 Å². The highest BCUT2D eigenvalue weighted by molar-refractivity contribution is 5.42. The third-order valence-corrected chi connectivity index (χ3v) is 2.38. The largest absolute Gasteiger partial charge is 0.313 e. The van der Waals surface area contributed by atoms with Gasteiger partial charge in [0.25, 0.3) is 5.95 Å². The van der Waals surface area contributed by atoms with Gasteiger partial charge in [0.2, 0.25) is 0 Å². The molecular weight excluding hydrogens is 236 g/mol. The summed E-state index contributed by atoms with van der Waals surface area (Å²) in [6.07, 6.45) is 1.41. The Balaban J connectivity index is 2.62. The molecule has 0 saturated carbocycles. The SMILES string of the molecule is Cc1nn(-c2nccc(C#N)n2)c(C)c1[N+](=O)[O-]. The Hall–Kier alpha value is -2.82. The summed E-state index contributed by atoms with van der Waals surface area (Å²) in [5.74, 6) is 0.141. The number of hydrogen-bond acceptors (Lipinski definition) is 6. The van der Waals surface area contributed by atoms with E-state index in [-0.39, 0.29) is 23.0 Å². The van der Waals surface area contributed by atoms with Gasteiger partial charge in [-0.3, -0.25) is 10.1 Å². The van der Waals surface area contributed by atoms with Crippen LogP contribution in [-0.4, -0.2) is 24.7 Å². The molecule has 0 aliphatic rings. The zero-order valence-electron chi connectivity index (χ0n) is 9.65. The van der Waals surface area contributed by atoms with E-state index in [1.54, 1.807) is 6.92 Å². The zero-order valence-corrected chi connectivity index (χ0v) is 9.65. The van der Waals surface area contributed by atoms with Gasteiger partial charge in [-0.25, -0.2) is 9.97 Å². The molecule has 0 aromatic carbocycles. The van der Waals surface area contributed by atoms with Gasteiger partial charge in [-0.15, -0.1) is 0 Å². The van der Waals surface area contributed by atoms with Crippen LogP contribution in [0.15, 0.2) is 12.3 Å². The molecule has 0 unspecified atom stereocenters. The summed E-state index contributed by atoms with van der Waals surface area (Å²) in [5.41, 5.74) is 0.715. The van der Waals surface area contributed by atoms with Gasteiger partial charge < -0.3 is 0 Å². The highest BCUT2D eigenvalue weighted by Gasteiger charge is 2.23. The molecule has 2 rings (SSSR count). The fraction of sp³-hybridized carbons (Fsp3) is 0.200. The molecule has 0 saturated heterocycles. The van der Waals surface area contributed by atoms with Crippen LogP contribution in [-0.2, 0) is 0 Å². The molecule has 18 heavy (non-hydrogen) atoms. The summed E-state index contributed by atoms with van der Waals surface area (Å²) in [6.45, 7) is 3.09. The zero-order chi connectivity index (χ0) is 13.3. The average Bonchev–Trinajstić information content (AvgIpc) is 2.65. The molecule has 0 radical (unpaired) electrons. The van der Waals surface area contributed by atoms with E-state index in [0.29, 0.717) is 5.69 Å². The van der Waals surface area contributed by atoms with Crippen LogP contribution in [0, 0.1) is 35.3 Å². The predicted molar refractivity (Wildman–Crippen MR) is 60.0 cm³/mol. The van der Waals surface area contributed by atoms with E-state index >= 15 is 0 Å². The van der Waals surface area contributed by atoms with Gasteiger partial charge in [-0.05, 0) is 19.9 Å². The maximum Gasteiger partial charge on any atom is 0.313 e. The Morgan fingerprint density at radius 3 is 2.78 bits per heavy atom. The first kappa shape index (κ1) is 11.7. The van der Waals surface area contributed by atoms with E-state index in [1.807, 2.05) is 6.07 Å². The topological polar surface area (TPSA) is 111 Å². The summed E-state index contributed by atoms with van der Waals surface area (Å²) in [4.78, 5) is 18.3. The van der Waals surface area contributed by atoms with Gasteiger partial charge in [-0.1, -0.05) is 0 Å². The van der Waals surface area contributed by atoms with E-state index in [4.69, 9.17) is 5.26 Å². The Morgan fingerprint density at radius 1 is 1.50 bits per heavy atom. The third-order valence-electron chi connectivity index (χ3n) is 2.38. The second-order valence-corrected chi connectivity index (χ2v) is 3.54. The lowest BCUT2D eigenvalue weighted by Crippen LogP contribution is -2.05. The number of hydrogen-bond donors (Lipinski definition) is 0. The highest BCUT2D eigenvalue weighted by Crippen LogP contribution is 2.23. The van der Waals surface area contributed by atoms with E-state index in [9.17, 15) is 10.1 Å². The van der Waals surface area contributed by atoms with Crippen LogP contribution in [0.25, 0.3) is 5.95 Å². The van der Waals surface area contributed by atoms with Crippen molar-refractivity contribution in [1.29, 1.82) is 5.26 Å². The minimum absolute atomic E-state index is 0.0686. The molecule has 8 heteroatoms. The van der Waals surface area contributed by atoms with Gasteiger partial charge in [0.1, 0.15) is 23.2 Å². The molecule has 0 aliphatic carbocycles. The lowest BCUT2D eigenvalue weighted by atomic mass is 10.3. The van der Waals surface area contributed by atoms with Gasteiger partial charge >= 0.3 is 5.69 Å². The maximum absolute atomic E-state index is 10.9. The summed E-state index contributed by atoms with van der Waals surface area (Å²) < 4.78 is 1.26. The molecule has 0 atom stereocenters. The molecule has 8 nitrogen and oxygen atoms in total. The summed E-state index contributed by atoms with van der Waals surface area (Å²) >= 11 is 0. The second-order valence-electron chi connectivity index (χ2n) is 3.54. The van der Waals surface area contributed by atoms with Gasteiger partial charge in [0.15, 0.2) is 0 Å². The summed E-state index contributed by atoms with van der Waals surface area (Å²) in [6, 6.07) is 3.32. The van der Waals surface area contributed by atoms with Gasteiger partial charge in [0, 0.05) is 6.20 Å². The minimum Gasteiger partial charge on any atom is -0.258 e. The smallest absolute Gasteiger partial charge is 0.258 e. The molecule has 0 N–H and O–H groups in total. The van der Waals surface area contributed by atoms with Crippen molar-refractivity contribution in [2.75, 3.05) is 0 Å². The number of aromatic nitrogens is 4. The number of nitrogens with zero attached hydrogens (tertiary/aromatic N) is 6. The fourth-order valence-corrected chi connectivity index (χ4v) is 1.61. The first-order valence-corrected chi connectivity index (χ1v) is 4.98. The monoisotopic (exact) mass is 244 g/mol. The van der Waals surface area contributed by atoms with Crippen molar-refractivity contribution in [3.8, 4) is 12.0 Å². The van der Waals surface area contributed by atoms with Crippen LogP contribution in [0.3, 0.4) is 0 Å². The molecule has 0 fully saturated rings. The van der Waals surface area contributed by atoms with Gasteiger partial charge in [0.05, 0.1) is 4.92 Å². The van der Waals surface area contributed by atoms with E-state index in [0.717, 1.165) is 0 Å². The quantitative estimate of drug-likeness (QED) is 0.576. The number of rotatable bonds is 2. The lowest BCUT2D eigenvalue weighted by Gasteiger charge is -2.00. The van der Waals surface area contributed by atoms with Crippen LogP contribution in [0.4, 0.5) is 5.69 Å². The summed E-state index contributed by atoms with van der Waals surface area (Å²) in [7, 11) is 0. The van der Waals surface area contributed by atoms with Crippen molar-refractivity contribution in [1.82, 2.24) is 19.7 Å². The van der Waals surface area contributed by atoms with Crippen LogP contribution in [0.1, 0.15) is 17.1 Å². The molecule has 90 valence electrons. The minimum atomic E-state index is -0.498. The number of aryl methyl sites for hydroxylation is 1. The van der Waals surface area contributed by atoms with E-state index < -0.39 is 4.92 Å². The number of nitro groups is 1. The standard InChI is InChI=1S/C10H8N6O2/c1-6-9(16(17)18)7(2)15(14-6)10-12-4-3-8(5-11)13-10/h3-4H,1-2H3. The molecule has 2 aromatic heterocycles.